The van der Waals surface area contributed by atoms with Crippen LogP contribution in [-0.4, -0.2) is 27.1 Å². The van der Waals surface area contributed by atoms with Crippen LogP contribution in [0.4, 0.5) is 0 Å². The van der Waals surface area contributed by atoms with Crippen LogP contribution in [0, 0.1) is 6.92 Å². The van der Waals surface area contributed by atoms with E-state index in [0.29, 0.717) is 22.9 Å². The number of aromatic nitrogens is 3. The topological polar surface area (TPSA) is 107 Å². The van der Waals surface area contributed by atoms with E-state index >= 15 is 0 Å². The van der Waals surface area contributed by atoms with E-state index < -0.39 is 8.25 Å². The second-order valence-electron chi connectivity index (χ2n) is 5.40. The summed E-state index contributed by atoms with van der Waals surface area (Å²) in [5.74, 6) is 1.73. The van der Waals surface area contributed by atoms with Crippen molar-refractivity contribution >= 4 is 8.25 Å². The number of benzene rings is 2. The van der Waals surface area contributed by atoms with E-state index in [1.54, 1.807) is 24.3 Å². The van der Waals surface area contributed by atoms with Crippen LogP contribution in [0.3, 0.4) is 0 Å². The molecule has 2 N–H and O–H groups in total. The van der Waals surface area contributed by atoms with Crippen LogP contribution >= 0.6 is 8.25 Å². The minimum atomic E-state index is -2.69. The molecule has 126 valence electrons. The van der Waals surface area contributed by atoms with Gasteiger partial charge in [0.05, 0.1) is 0 Å². The smallest absolute Gasteiger partial charge is 0.454 e. The van der Waals surface area contributed by atoms with E-state index in [1.807, 2.05) is 19.1 Å². The van der Waals surface area contributed by atoms with Crippen LogP contribution in [0.2, 0.25) is 0 Å². The van der Waals surface area contributed by atoms with E-state index in [2.05, 4.69) is 15.4 Å². The highest BCUT2D eigenvalue weighted by Crippen LogP contribution is 2.40. The van der Waals surface area contributed by atoms with Gasteiger partial charge in [-0.15, -0.1) is 4.89 Å². The van der Waals surface area contributed by atoms with Crippen molar-refractivity contribution in [3.05, 3.63) is 42.0 Å². The summed E-state index contributed by atoms with van der Waals surface area (Å²) in [7, 11) is -2.69. The van der Waals surface area contributed by atoms with Crippen LogP contribution < -0.4 is 14.0 Å². The molecule has 2 aromatic carbocycles. The predicted molar refractivity (Wildman–Crippen MR) is 88.6 cm³/mol. The van der Waals surface area contributed by atoms with E-state index in [4.69, 9.17) is 18.9 Å². The molecular weight excluding hydrogens is 345 g/mol. The molecule has 0 saturated heterocycles. The molecule has 2 heterocycles. The monoisotopic (exact) mass is 358 g/mol. The molecule has 3 aromatic rings. The van der Waals surface area contributed by atoms with Gasteiger partial charge in [-0.3, -0.25) is 0 Å². The Labute approximate surface area is 143 Å². The molecule has 25 heavy (non-hydrogen) atoms. The van der Waals surface area contributed by atoms with E-state index in [0.717, 1.165) is 22.4 Å². The lowest BCUT2D eigenvalue weighted by Gasteiger charge is -2.06. The van der Waals surface area contributed by atoms with Crippen molar-refractivity contribution in [1.29, 1.82) is 0 Å². The maximum absolute atomic E-state index is 10.7. The Balaban J connectivity index is 1.72. The van der Waals surface area contributed by atoms with Gasteiger partial charge in [0.25, 0.3) is 0 Å². The number of nitrogens with zero attached hydrogens (tertiary/aromatic N) is 2. The molecule has 1 aliphatic heterocycles. The molecular formula is C16H13N3O5P+. The number of hydrogen-bond acceptors (Lipinski definition) is 6. The average molecular weight is 358 g/mol. The summed E-state index contributed by atoms with van der Waals surface area (Å²) in [5.41, 5.74) is 3.92. The third-order valence-electron chi connectivity index (χ3n) is 3.79. The molecule has 0 bridgehead atoms. The molecule has 0 aliphatic carbocycles. The number of rotatable bonds is 4. The fourth-order valence-electron chi connectivity index (χ4n) is 2.72. The summed E-state index contributed by atoms with van der Waals surface area (Å²) in [6.07, 6.45) is 0. The lowest BCUT2D eigenvalue weighted by atomic mass is 10.0. The average Bonchev–Trinajstić information content (AvgIpc) is 3.24. The van der Waals surface area contributed by atoms with Crippen molar-refractivity contribution in [2.45, 2.75) is 6.92 Å². The maximum Gasteiger partial charge on any atom is 0.747 e. The second-order valence-corrected chi connectivity index (χ2v) is 6.06. The van der Waals surface area contributed by atoms with Gasteiger partial charge in [-0.25, -0.2) is 4.52 Å². The van der Waals surface area contributed by atoms with Gasteiger partial charge in [0, 0.05) is 15.7 Å². The first-order valence-corrected chi connectivity index (χ1v) is 8.51. The quantitative estimate of drug-likeness (QED) is 0.690. The number of nitrogens with one attached hydrogen (secondary N) is 1. The second kappa shape index (κ2) is 6.16. The van der Waals surface area contributed by atoms with Gasteiger partial charge in [-0.2, -0.15) is 15.4 Å². The van der Waals surface area contributed by atoms with E-state index in [-0.39, 0.29) is 6.79 Å². The van der Waals surface area contributed by atoms with Crippen molar-refractivity contribution in [3.63, 3.8) is 0 Å². The zero-order valence-corrected chi connectivity index (χ0v) is 14.0. The van der Waals surface area contributed by atoms with Gasteiger partial charge >= 0.3 is 8.25 Å². The molecule has 1 unspecified atom stereocenters. The summed E-state index contributed by atoms with van der Waals surface area (Å²) in [5, 5.41) is 11.1. The molecule has 0 fully saturated rings. The van der Waals surface area contributed by atoms with Gasteiger partial charge in [0.2, 0.25) is 6.79 Å². The van der Waals surface area contributed by atoms with Gasteiger partial charge in [0.1, 0.15) is 11.4 Å². The standard InChI is InChI=1S/C16H12N3O5P/c1-9-6-11(7-13-16(9)23-8-22-13)15-14(17-19-18-15)10-2-4-12(5-3-10)24-25(20)21/h2-7H,8H2,1H3,(H-,17,18,19,20,21)/p+1. The van der Waals surface area contributed by atoms with Crippen molar-refractivity contribution in [1.82, 2.24) is 15.4 Å². The normalized spacial score (nSPS) is 13.0. The fourth-order valence-corrected chi connectivity index (χ4v) is 3.02. The first-order valence-electron chi connectivity index (χ1n) is 7.38. The Morgan fingerprint density at radius 1 is 1.12 bits per heavy atom. The summed E-state index contributed by atoms with van der Waals surface area (Å²) in [6, 6.07) is 10.5. The Bertz CT molecular complexity index is 955. The first-order chi connectivity index (χ1) is 12.1. The molecule has 1 aromatic heterocycles. The molecule has 0 saturated carbocycles. The van der Waals surface area contributed by atoms with Crippen LogP contribution in [0.15, 0.2) is 36.4 Å². The highest BCUT2D eigenvalue weighted by molar-refractivity contribution is 7.32. The fraction of sp³-hybridized carbons (Fsp3) is 0.125. The Hall–Kier alpha value is -2.96. The van der Waals surface area contributed by atoms with Crippen LogP contribution in [-0.2, 0) is 4.57 Å². The van der Waals surface area contributed by atoms with Gasteiger partial charge in [-0.1, -0.05) is 0 Å². The molecule has 8 nitrogen and oxygen atoms in total. The van der Waals surface area contributed by atoms with Gasteiger partial charge in [0.15, 0.2) is 17.2 Å². The highest BCUT2D eigenvalue weighted by Gasteiger charge is 2.21. The number of hydrogen-bond donors (Lipinski definition) is 2. The lowest BCUT2D eigenvalue weighted by molar-refractivity contribution is 0.173. The third kappa shape index (κ3) is 2.93. The largest absolute Gasteiger partial charge is 0.747 e. The minimum absolute atomic E-state index is 0.208. The van der Waals surface area contributed by atoms with E-state index in [9.17, 15) is 4.57 Å². The van der Waals surface area contributed by atoms with Crippen LogP contribution in [0.25, 0.3) is 22.5 Å². The van der Waals surface area contributed by atoms with Gasteiger partial charge < -0.3 is 9.47 Å². The summed E-state index contributed by atoms with van der Waals surface area (Å²) in [4.78, 5) is 8.79. The molecule has 0 spiro atoms. The predicted octanol–water partition coefficient (Wildman–Crippen LogP) is 3.20. The molecule has 0 amide bonds. The third-order valence-corrected chi connectivity index (χ3v) is 4.16. The van der Waals surface area contributed by atoms with Crippen molar-refractivity contribution < 1.29 is 23.5 Å². The number of ether oxygens (including phenoxy) is 2. The Morgan fingerprint density at radius 3 is 2.56 bits per heavy atom. The zero-order valence-electron chi connectivity index (χ0n) is 13.1. The zero-order chi connectivity index (χ0) is 17.4. The number of aromatic amines is 1. The summed E-state index contributed by atoms with van der Waals surface area (Å²) < 4.78 is 26.4. The summed E-state index contributed by atoms with van der Waals surface area (Å²) >= 11 is 0. The van der Waals surface area contributed by atoms with Crippen molar-refractivity contribution in [2.24, 2.45) is 0 Å². The van der Waals surface area contributed by atoms with Gasteiger partial charge in [-0.05, 0) is 48.9 Å². The number of H-pyrrole nitrogens is 1. The molecule has 1 aliphatic rings. The van der Waals surface area contributed by atoms with Crippen LogP contribution in [0.1, 0.15) is 5.56 Å². The Kier molecular flexibility index (Phi) is 3.83. The van der Waals surface area contributed by atoms with Crippen molar-refractivity contribution in [2.75, 3.05) is 6.79 Å². The Morgan fingerprint density at radius 2 is 1.84 bits per heavy atom. The molecule has 0 radical (unpaired) electrons. The van der Waals surface area contributed by atoms with Crippen molar-refractivity contribution in [3.8, 4) is 39.8 Å². The lowest BCUT2D eigenvalue weighted by Crippen LogP contribution is -1.93. The number of aryl methyl sites for hydroxylation is 1. The number of fused-ring (bicyclic) bond motifs is 1. The molecule has 9 heteroatoms. The molecule has 1 atom stereocenters. The maximum atomic E-state index is 10.7. The SMILES string of the molecule is Cc1cc(-c2n[nH]nc2-c2ccc(O[P+](=O)O)cc2)cc2c1OCO2. The minimum Gasteiger partial charge on any atom is -0.454 e. The van der Waals surface area contributed by atoms with E-state index in [1.165, 1.54) is 0 Å². The first kappa shape index (κ1) is 15.6. The highest BCUT2D eigenvalue weighted by atomic mass is 31.1. The van der Waals surface area contributed by atoms with Crippen LogP contribution in [0.5, 0.6) is 17.2 Å². The summed E-state index contributed by atoms with van der Waals surface area (Å²) in [6.45, 7) is 2.15. The molecule has 4 rings (SSSR count).